The maximum absolute atomic E-state index is 12.0. The topological polar surface area (TPSA) is 122 Å². The molecule has 120 valence electrons. The van der Waals surface area contributed by atoms with Crippen LogP contribution in [0.3, 0.4) is 0 Å². The highest BCUT2D eigenvalue weighted by Crippen LogP contribution is 2.32. The average molecular weight is 318 g/mol. The second-order valence-corrected chi connectivity index (χ2v) is 7.35. The smallest absolute Gasteiger partial charge is 0.182 e. The lowest BCUT2D eigenvalue weighted by atomic mass is 9.99. The number of nitrogens with two attached hydrogens (primary N) is 1. The molecule has 8 nitrogen and oxygen atoms in total. The number of anilines is 2. The van der Waals surface area contributed by atoms with Crippen molar-refractivity contribution in [2.45, 2.75) is 24.3 Å². The summed E-state index contributed by atoms with van der Waals surface area (Å²) >= 11 is 0. The van der Waals surface area contributed by atoms with Crippen LogP contribution >= 0.6 is 0 Å². The number of aromatic nitrogens is 2. The van der Waals surface area contributed by atoms with Gasteiger partial charge in [0, 0.05) is 26.0 Å². The quantitative estimate of drug-likeness (QED) is 0.641. The second-order valence-electron chi connectivity index (χ2n) is 5.39. The van der Waals surface area contributed by atoms with Gasteiger partial charge in [-0.3, -0.25) is 0 Å². The van der Waals surface area contributed by atoms with E-state index in [9.17, 15) is 13.5 Å². The van der Waals surface area contributed by atoms with Gasteiger partial charge in [-0.1, -0.05) is 0 Å². The molecule has 0 radical (unpaired) electrons. The van der Waals surface area contributed by atoms with Crippen molar-refractivity contribution in [3.63, 3.8) is 0 Å². The zero-order valence-electron chi connectivity index (χ0n) is 12.1. The molecule has 1 aliphatic heterocycles. The van der Waals surface area contributed by atoms with Crippen LogP contribution in [0.4, 0.5) is 11.6 Å². The monoisotopic (exact) mass is 318 g/mol. The van der Waals surface area contributed by atoms with E-state index in [-0.39, 0.29) is 36.4 Å². The van der Waals surface area contributed by atoms with Crippen molar-refractivity contribution < 1.29 is 18.6 Å². The summed E-state index contributed by atoms with van der Waals surface area (Å²) in [6, 6.07) is 0. The first-order valence-corrected chi connectivity index (χ1v) is 8.80. The predicted octanol–water partition coefficient (Wildman–Crippen LogP) is -0.930. The lowest BCUT2D eigenvalue weighted by molar-refractivity contribution is 0.208. The molecule has 0 saturated carbocycles. The van der Waals surface area contributed by atoms with Gasteiger partial charge in [0.15, 0.2) is 20.6 Å². The van der Waals surface area contributed by atoms with Gasteiger partial charge in [-0.05, 0) is 18.8 Å². The summed E-state index contributed by atoms with van der Waals surface area (Å²) in [4.78, 5) is 1.86. The minimum absolute atomic E-state index is 0.00883. The largest absolute Gasteiger partial charge is 0.396 e. The standard InChI is InChI=1S/C12H22N4O4S/c1-21(19,20)10-11(13)16(5-6-17)14-12(10)15-4-2-3-9(7-15)8-18/h9,17-18H,2-8,13H2,1H3. The minimum atomic E-state index is -3.53. The summed E-state index contributed by atoms with van der Waals surface area (Å²) < 4.78 is 25.3. The Bertz CT molecular complexity index is 599. The van der Waals surface area contributed by atoms with Gasteiger partial charge in [0.2, 0.25) is 0 Å². The normalized spacial score (nSPS) is 20.0. The predicted molar refractivity (Wildman–Crippen MR) is 78.9 cm³/mol. The number of nitrogen functional groups attached to an aromatic ring is 1. The SMILES string of the molecule is CS(=O)(=O)c1c(N2CCCC(CO)C2)nn(CCO)c1N. The number of piperidine rings is 1. The van der Waals surface area contributed by atoms with E-state index in [1.807, 2.05) is 4.90 Å². The molecule has 1 fully saturated rings. The molecule has 1 unspecified atom stereocenters. The molecule has 4 N–H and O–H groups in total. The van der Waals surface area contributed by atoms with Crippen LogP contribution in [-0.2, 0) is 16.4 Å². The van der Waals surface area contributed by atoms with Gasteiger partial charge in [0.05, 0.1) is 13.2 Å². The second kappa shape index (κ2) is 6.20. The van der Waals surface area contributed by atoms with Crippen LogP contribution in [0.15, 0.2) is 4.90 Å². The number of hydrogen-bond acceptors (Lipinski definition) is 7. The van der Waals surface area contributed by atoms with Crippen LogP contribution in [0.25, 0.3) is 0 Å². The maximum Gasteiger partial charge on any atom is 0.182 e. The van der Waals surface area contributed by atoms with Crippen molar-refractivity contribution in [2.75, 3.05) is 43.2 Å². The molecule has 21 heavy (non-hydrogen) atoms. The van der Waals surface area contributed by atoms with Crippen molar-refractivity contribution in [2.24, 2.45) is 5.92 Å². The first-order valence-electron chi connectivity index (χ1n) is 6.91. The molecule has 0 aliphatic carbocycles. The van der Waals surface area contributed by atoms with E-state index in [2.05, 4.69) is 5.10 Å². The molecule has 1 atom stereocenters. The Labute approximate surface area is 124 Å². The Morgan fingerprint density at radius 1 is 1.43 bits per heavy atom. The van der Waals surface area contributed by atoms with Gasteiger partial charge >= 0.3 is 0 Å². The van der Waals surface area contributed by atoms with E-state index in [1.54, 1.807) is 0 Å². The first kappa shape index (κ1) is 16.1. The molecule has 0 spiro atoms. The molecule has 9 heteroatoms. The first-order chi connectivity index (χ1) is 9.88. The third-order valence-electron chi connectivity index (χ3n) is 3.69. The van der Waals surface area contributed by atoms with Crippen molar-refractivity contribution in [3.05, 3.63) is 0 Å². The molecular weight excluding hydrogens is 296 g/mol. The molecule has 1 aromatic rings. The fourth-order valence-corrected chi connectivity index (χ4v) is 3.67. The molecular formula is C12H22N4O4S. The Hall–Kier alpha value is -1.32. The Morgan fingerprint density at radius 3 is 2.71 bits per heavy atom. The maximum atomic E-state index is 12.0. The summed E-state index contributed by atoms with van der Waals surface area (Å²) in [6.07, 6.45) is 2.87. The lowest BCUT2D eigenvalue weighted by Gasteiger charge is -2.32. The van der Waals surface area contributed by atoms with E-state index in [1.165, 1.54) is 4.68 Å². The van der Waals surface area contributed by atoms with Gasteiger partial charge in [-0.15, -0.1) is 0 Å². The van der Waals surface area contributed by atoms with Gasteiger partial charge < -0.3 is 20.8 Å². The molecule has 0 aromatic carbocycles. The number of aliphatic hydroxyl groups is 2. The summed E-state index contributed by atoms with van der Waals surface area (Å²) in [5.74, 6) is 0.477. The molecule has 1 aliphatic rings. The van der Waals surface area contributed by atoms with Gasteiger partial charge in [-0.2, -0.15) is 5.10 Å². The number of nitrogens with zero attached hydrogens (tertiary/aromatic N) is 3. The van der Waals surface area contributed by atoms with Crippen LogP contribution in [0.2, 0.25) is 0 Å². The highest BCUT2D eigenvalue weighted by Gasteiger charge is 2.30. The average Bonchev–Trinajstić information content (AvgIpc) is 2.76. The fourth-order valence-electron chi connectivity index (χ4n) is 2.68. The zero-order valence-corrected chi connectivity index (χ0v) is 12.9. The number of rotatable bonds is 5. The summed E-state index contributed by atoms with van der Waals surface area (Å²) in [5, 5.41) is 22.6. The van der Waals surface area contributed by atoms with Crippen LogP contribution in [0, 0.1) is 5.92 Å². The third-order valence-corrected chi connectivity index (χ3v) is 4.82. The van der Waals surface area contributed by atoms with Crippen LogP contribution in [0.5, 0.6) is 0 Å². The number of aliphatic hydroxyl groups excluding tert-OH is 2. The Kier molecular flexibility index (Phi) is 4.74. The highest BCUT2D eigenvalue weighted by molar-refractivity contribution is 7.91. The van der Waals surface area contributed by atoms with Crippen molar-refractivity contribution >= 4 is 21.5 Å². The van der Waals surface area contributed by atoms with E-state index < -0.39 is 9.84 Å². The third kappa shape index (κ3) is 3.30. The van der Waals surface area contributed by atoms with Crippen molar-refractivity contribution in [3.8, 4) is 0 Å². The summed E-state index contributed by atoms with van der Waals surface area (Å²) in [6.45, 7) is 1.26. The van der Waals surface area contributed by atoms with E-state index in [4.69, 9.17) is 10.8 Å². The van der Waals surface area contributed by atoms with Crippen LogP contribution in [0.1, 0.15) is 12.8 Å². The van der Waals surface area contributed by atoms with Gasteiger partial charge in [0.1, 0.15) is 5.82 Å². The summed E-state index contributed by atoms with van der Waals surface area (Å²) in [5.41, 5.74) is 5.88. The molecule has 1 saturated heterocycles. The molecule has 0 bridgehead atoms. The van der Waals surface area contributed by atoms with Crippen LogP contribution < -0.4 is 10.6 Å². The molecule has 2 heterocycles. The number of sulfone groups is 1. The molecule has 2 rings (SSSR count). The number of hydrogen-bond donors (Lipinski definition) is 3. The minimum Gasteiger partial charge on any atom is -0.396 e. The van der Waals surface area contributed by atoms with E-state index in [0.29, 0.717) is 18.9 Å². The Balaban J connectivity index is 2.44. The Morgan fingerprint density at radius 2 is 2.14 bits per heavy atom. The van der Waals surface area contributed by atoms with E-state index >= 15 is 0 Å². The van der Waals surface area contributed by atoms with Gasteiger partial charge in [-0.25, -0.2) is 13.1 Å². The van der Waals surface area contributed by atoms with Crippen LogP contribution in [-0.4, -0.2) is 61.0 Å². The lowest BCUT2D eigenvalue weighted by Crippen LogP contribution is -2.37. The molecule has 0 amide bonds. The highest BCUT2D eigenvalue weighted by atomic mass is 32.2. The summed E-state index contributed by atoms with van der Waals surface area (Å²) in [7, 11) is -3.53. The van der Waals surface area contributed by atoms with E-state index in [0.717, 1.165) is 19.1 Å². The zero-order chi connectivity index (χ0) is 15.6. The molecule has 1 aromatic heterocycles. The fraction of sp³-hybridized carbons (Fsp3) is 0.750. The van der Waals surface area contributed by atoms with Crippen molar-refractivity contribution in [1.29, 1.82) is 0 Å². The van der Waals surface area contributed by atoms with Gasteiger partial charge in [0.25, 0.3) is 0 Å². The van der Waals surface area contributed by atoms with Crippen molar-refractivity contribution in [1.82, 2.24) is 9.78 Å².